The summed E-state index contributed by atoms with van der Waals surface area (Å²) in [4.78, 5) is 24.6. The third-order valence-corrected chi connectivity index (χ3v) is 3.86. The van der Waals surface area contributed by atoms with Gasteiger partial charge in [-0.3, -0.25) is 9.59 Å². The van der Waals surface area contributed by atoms with Crippen molar-refractivity contribution in [2.75, 3.05) is 32.6 Å². The Morgan fingerprint density at radius 3 is 2.54 bits per heavy atom. The standard InChI is InChI=1S/C19H20F3N3O3/c1-25(10-12-4-3-5-13(8-12)28-2)11-17(27)23-9-16(26)24-15-7-6-14(20)18(21)19(15)22/h3-8H,9-11H2,1-2H3,(H,23,27)(H,24,26)/p+1. The van der Waals surface area contributed by atoms with E-state index in [0.717, 1.165) is 22.3 Å². The molecule has 6 nitrogen and oxygen atoms in total. The van der Waals surface area contributed by atoms with Gasteiger partial charge in [0, 0.05) is 5.56 Å². The highest BCUT2D eigenvalue weighted by Crippen LogP contribution is 2.19. The summed E-state index contributed by atoms with van der Waals surface area (Å²) in [6.45, 7) is 0.241. The molecule has 1 unspecified atom stereocenters. The molecular formula is C19H21F3N3O3+. The van der Waals surface area contributed by atoms with Gasteiger partial charge in [0.15, 0.2) is 24.0 Å². The highest BCUT2D eigenvalue weighted by atomic mass is 19.2. The molecule has 28 heavy (non-hydrogen) atoms. The number of quaternary nitrogens is 1. The molecular weight excluding hydrogens is 375 g/mol. The van der Waals surface area contributed by atoms with Crippen molar-refractivity contribution in [2.24, 2.45) is 0 Å². The summed E-state index contributed by atoms with van der Waals surface area (Å²) in [6, 6.07) is 9.05. The van der Waals surface area contributed by atoms with Gasteiger partial charge in [0.05, 0.1) is 26.4 Å². The van der Waals surface area contributed by atoms with Crippen LogP contribution >= 0.6 is 0 Å². The fourth-order valence-electron chi connectivity index (χ4n) is 2.53. The molecule has 0 bridgehead atoms. The topological polar surface area (TPSA) is 71.9 Å². The van der Waals surface area contributed by atoms with E-state index in [0.29, 0.717) is 12.6 Å². The van der Waals surface area contributed by atoms with E-state index >= 15 is 0 Å². The molecule has 0 saturated carbocycles. The average molecular weight is 396 g/mol. The van der Waals surface area contributed by atoms with Crippen LogP contribution in [-0.4, -0.2) is 39.1 Å². The first kappa shape index (κ1) is 21.2. The predicted molar refractivity (Wildman–Crippen MR) is 96.4 cm³/mol. The fourth-order valence-corrected chi connectivity index (χ4v) is 2.53. The SMILES string of the molecule is COc1cccc(C[NH+](C)CC(=O)NCC(=O)Nc2ccc(F)c(F)c2F)c1. The molecule has 0 spiro atoms. The van der Waals surface area contributed by atoms with E-state index < -0.39 is 35.6 Å². The molecule has 0 saturated heterocycles. The first-order valence-electron chi connectivity index (χ1n) is 8.44. The Labute approximate surface area is 160 Å². The minimum Gasteiger partial charge on any atom is -0.497 e. The van der Waals surface area contributed by atoms with Crippen molar-refractivity contribution >= 4 is 17.5 Å². The normalized spacial score (nSPS) is 11.6. The van der Waals surface area contributed by atoms with Gasteiger partial charge in [0.2, 0.25) is 5.91 Å². The second-order valence-corrected chi connectivity index (χ2v) is 6.21. The van der Waals surface area contributed by atoms with E-state index in [9.17, 15) is 22.8 Å². The highest BCUT2D eigenvalue weighted by Gasteiger charge is 2.16. The van der Waals surface area contributed by atoms with Crippen LogP contribution in [0.3, 0.4) is 0 Å². The molecule has 3 N–H and O–H groups in total. The van der Waals surface area contributed by atoms with Gasteiger partial charge >= 0.3 is 0 Å². The lowest BCUT2D eigenvalue weighted by Gasteiger charge is -2.14. The first-order valence-corrected chi connectivity index (χ1v) is 8.44. The molecule has 0 aliphatic rings. The molecule has 0 heterocycles. The van der Waals surface area contributed by atoms with Crippen molar-refractivity contribution in [1.82, 2.24) is 5.32 Å². The van der Waals surface area contributed by atoms with Crippen molar-refractivity contribution in [2.45, 2.75) is 6.54 Å². The van der Waals surface area contributed by atoms with Crippen LogP contribution in [0.15, 0.2) is 36.4 Å². The van der Waals surface area contributed by atoms with Gasteiger partial charge in [-0.25, -0.2) is 13.2 Å². The van der Waals surface area contributed by atoms with E-state index in [1.54, 1.807) is 7.11 Å². The Bertz CT molecular complexity index is 862. The maximum absolute atomic E-state index is 13.5. The summed E-state index contributed by atoms with van der Waals surface area (Å²) >= 11 is 0. The molecule has 2 amide bonds. The quantitative estimate of drug-likeness (QED) is 0.581. The van der Waals surface area contributed by atoms with Crippen LogP contribution < -0.4 is 20.3 Å². The van der Waals surface area contributed by atoms with Crippen molar-refractivity contribution in [1.29, 1.82) is 0 Å². The molecule has 1 atom stereocenters. The fraction of sp³-hybridized carbons (Fsp3) is 0.263. The lowest BCUT2D eigenvalue weighted by atomic mass is 10.2. The number of halogens is 3. The third kappa shape index (κ3) is 5.98. The molecule has 0 aromatic heterocycles. The van der Waals surface area contributed by atoms with E-state index in [-0.39, 0.29) is 12.5 Å². The number of rotatable bonds is 8. The number of hydrogen-bond acceptors (Lipinski definition) is 3. The van der Waals surface area contributed by atoms with Gasteiger partial charge < -0.3 is 20.3 Å². The number of carbonyl (C=O) groups excluding carboxylic acids is 2. The van der Waals surface area contributed by atoms with Crippen LogP contribution in [0.4, 0.5) is 18.9 Å². The van der Waals surface area contributed by atoms with Gasteiger partial charge in [0.25, 0.3) is 5.91 Å². The van der Waals surface area contributed by atoms with E-state index in [2.05, 4.69) is 10.6 Å². The van der Waals surface area contributed by atoms with Crippen molar-refractivity contribution < 1.29 is 32.4 Å². The third-order valence-electron chi connectivity index (χ3n) is 3.86. The van der Waals surface area contributed by atoms with Crippen molar-refractivity contribution in [3.8, 4) is 5.75 Å². The largest absolute Gasteiger partial charge is 0.497 e. The zero-order valence-corrected chi connectivity index (χ0v) is 15.4. The lowest BCUT2D eigenvalue weighted by Crippen LogP contribution is -3.08. The Balaban J connectivity index is 1.80. The van der Waals surface area contributed by atoms with Crippen molar-refractivity contribution in [3.05, 3.63) is 59.4 Å². The summed E-state index contributed by atoms with van der Waals surface area (Å²) < 4.78 is 44.7. The van der Waals surface area contributed by atoms with Gasteiger partial charge in [0.1, 0.15) is 12.3 Å². The molecule has 150 valence electrons. The summed E-state index contributed by atoms with van der Waals surface area (Å²) in [7, 11) is 3.39. The number of amides is 2. The van der Waals surface area contributed by atoms with Crippen LogP contribution in [0.25, 0.3) is 0 Å². The summed E-state index contributed by atoms with van der Waals surface area (Å²) in [5.41, 5.74) is 0.482. The molecule has 0 aliphatic carbocycles. The monoisotopic (exact) mass is 396 g/mol. The summed E-state index contributed by atoms with van der Waals surface area (Å²) in [5.74, 6) is -4.96. The van der Waals surface area contributed by atoms with Crippen molar-refractivity contribution in [3.63, 3.8) is 0 Å². The van der Waals surface area contributed by atoms with Crippen LogP contribution in [0.1, 0.15) is 5.56 Å². The van der Waals surface area contributed by atoms with Gasteiger partial charge in [-0.15, -0.1) is 0 Å². The summed E-state index contributed by atoms with van der Waals surface area (Å²) in [5, 5.41) is 4.48. The molecule has 0 aliphatic heterocycles. The highest BCUT2D eigenvalue weighted by molar-refractivity contribution is 5.94. The average Bonchev–Trinajstić information content (AvgIpc) is 2.67. The van der Waals surface area contributed by atoms with Crippen LogP contribution in [0.5, 0.6) is 5.75 Å². The molecule has 2 aromatic rings. The maximum Gasteiger partial charge on any atom is 0.275 e. The second-order valence-electron chi connectivity index (χ2n) is 6.21. The number of hydrogen-bond donors (Lipinski definition) is 3. The molecule has 2 aromatic carbocycles. The number of likely N-dealkylation sites (N-methyl/N-ethyl adjacent to an activating group) is 1. The number of ether oxygens (including phenoxy) is 1. The van der Waals surface area contributed by atoms with Crippen LogP contribution in [0, 0.1) is 17.5 Å². The molecule has 0 fully saturated rings. The van der Waals surface area contributed by atoms with E-state index in [1.807, 2.05) is 31.3 Å². The Hall–Kier alpha value is -3.07. The number of benzene rings is 2. The van der Waals surface area contributed by atoms with Gasteiger partial charge in [-0.1, -0.05) is 12.1 Å². The minimum absolute atomic E-state index is 0.101. The van der Waals surface area contributed by atoms with Gasteiger partial charge in [-0.05, 0) is 24.3 Å². The maximum atomic E-state index is 13.5. The summed E-state index contributed by atoms with van der Waals surface area (Å²) in [6.07, 6.45) is 0. The predicted octanol–water partition coefficient (Wildman–Crippen LogP) is 0.882. The number of nitrogens with one attached hydrogen (secondary N) is 3. The minimum atomic E-state index is -1.68. The zero-order valence-electron chi connectivity index (χ0n) is 15.4. The smallest absolute Gasteiger partial charge is 0.275 e. The van der Waals surface area contributed by atoms with E-state index in [4.69, 9.17) is 4.74 Å². The number of methoxy groups -OCH3 is 1. The molecule has 2 rings (SSSR count). The molecule has 0 radical (unpaired) electrons. The van der Waals surface area contributed by atoms with E-state index in [1.165, 1.54) is 0 Å². The lowest BCUT2D eigenvalue weighted by molar-refractivity contribution is -0.885. The first-order chi connectivity index (χ1) is 13.3. The Morgan fingerprint density at radius 1 is 1.07 bits per heavy atom. The Morgan fingerprint density at radius 2 is 1.82 bits per heavy atom. The number of carbonyl (C=O) groups is 2. The van der Waals surface area contributed by atoms with Crippen LogP contribution in [-0.2, 0) is 16.1 Å². The Kier molecular flexibility index (Phi) is 7.39. The van der Waals surface area contributed by atoms with Gasteiger partial charge in [-0.2, -0.15) is 0 Å². The second kappa shape index (κ2) is 9.75. The van der Waals surface area contributed by atoms with Crippen LogP contribution in [0.2, 0.25) is 0 Å². The molecule has 9 heteroatoms. The zero-order chi connectivity index (χ0) is 20.7. The number of anilines is 1.